The van der Waals surface area contributed by atoms with Crippen LogP contribution >= 0.6 is 23.4 Å². The summed E-state index contributed by atoms with van der Waals surface area (Å²) < 4.78 is 0. The number of rotatable bonds is 5. The highest BCUT2D eigenvalue weighted by Crippen LogP contribution is 2.40. The summed E-state index contributed by atoms with van der Waals surface area (Å²) in [6, 6.07) is 7.57. The van der Waals surface area contributed by atoms with Gasteiger partial charge >= 0.3 is 5.97 Å². The molecule has 0 amide bonds. The lowest BCUT2D eigenvalue weighted by Gasteiger charge is -2.10. The van der Waals surface area contributed by atoms with Gasteiger partial charge in [0.2, 0.25) is 0 Å². The Hall–Kier alpha value is -0.670. The molecule has 0 aliphatic heterocycles. The fourth-order valence-electron chi connectivity index (χ4n) is 1.57. The average Bonchev–Trinajstić information content (AvgIpc) is 3.05. The van der Waals surface area contributed by atoms with Gasteiger partial charge in [-0.3, -0.25) is 4.79 Å². The molecule has 1 fully saturated rings. The van der Waals surface area contributed by atoms with Gasteiger partial charge in [0.15, 0.2) is 0 Å². The molecule has 1 aromatic carbocycles. The van der Waals surface area contributed by atoms with E-state index < -0.39 is 5.97 Å². The zero-order valence-corrected chi connectivity index (χ0v) is 10.3. The van der Waals surface area contributed by atoms with Gasteiger partial charge in [-0.1, -0.05) is 23.7 Å². The molecular weight excluding hydrogens is 244 g/mol. The first-order chi connectivity index (χ1) is 7.66. The molecule has 1 saturated carbocycles. The molecule has 0 spiro atoms. The highest BCUT2D eigenvalue weighted by Gasteiger charge is 2.36. The Morgan fingerprint density at radius 3 is 2.56 bits per heavy atom. The molecular formula is C12H13ClO2S. The van der Waals surface area contributed by atoms with Crippen LogP contribution < -0.4 is 0 Å². The number of carboxylic acids is 1. The number of carboxylic acid groups (broad SMARTS) is 1. The minimum atomic E-state index is -0.679. The molecule has 0 radical (unpaired) electrons. The maximum absolute atomic E-state index is 11.0. The molecule has 0 saturated heterocycles. The van der Waals surface area contributed by atoms with Crippen molar-refractivity contribution in [3.8, 4) is 0 Å². The third kappa shape index (κ3) is 3.16. The molecule has 0 bridgehead atoms. The van der Waals surface area contributed by atoms with Crippen molar-refractivity contribution in [2.24, 2.45) is 5.92 Å². The van der Waals surface area contributed by atoms with Gasteiger partial charge in [-0.25, -0.2) is 0 Å². The number of halogens is 1. The minimum Gasteiger partial charge on any atom is -0.480 e. The topological polar surface area (TPSA) is 37.3 Å². The maximum Gasteiger partial charge on any atom is 0.316 e. The van der Waals surface area contributed by atoms with Crippen molar-refractivity contribution in [3.05, 3.63) is 34.9 Å². The van der Waals surface area contributed by atoms with Crippen molar-refractivity contribution in [1.82, 2.24) is 0 Å². The molecule has 86 valence electrons. The Morgan fingerprint density at radius 1 is 1.44 bits per heavy atom. The predicted molar refractivity (Wildman–Crippen MR) is 66.9 cm³/mol. The van der Waals surface area contributed by atoms with E-state index in [1.54, 1.807) is 0 Å². The van der Waals surface area contributed by atoms with E-state index in [1.165, 1.54) is 11.8 Å². The van der Waals surface area contributed by atoms with E-state index in [2.05, 4.69) is 0 Å². The van der Waals surface area contributed by atoms with Gasteiger partial charge in [0.05, 0.1) is 0 Å². The zero-order valence-electron chi connectivity index (χ0n) is 8.73. The number of hydrogen-bond acceptors (Lipinski definition) is 2. The molecule has 1 aliphatic carbocycles. The first kappa shape index (κ1) is 11.8. The van der Waals surface area contributed by atoms with Crippen LogP contribution in [0.2, 0.25) is 5.02 Å². The van der Waals surface area contributed by atoms with Crippen LogP contribution in [0.25, 0.3) is 0 Å². The third-order valence-corrected chi connectivity index (χ3v) is 4.33. The molecule has 4 heteroatoms. The quantitative estimate of drug-likeness (QED) is 0.877. The normalized spacial score (nSPS) is 17.1. The molecule has 1 unspecified atom stereocenters. The summed E-state index contributed by atoms with van der Waals surface area (Å²) in [5, 5.41) is 9.54. The highest BCUT2D eigenvalue weighted by molar-refractivity contribution is 7.99. The molecule has 0 heterocycles. The molecule has 1 aromatic rings. The van der Waals surface area contributed by atoms with Crippen molar-refractivity contribution in [1.29, 1.82) is 0 Å². The number of carbonyl (C=O) groups is 1. The summed E-state index contributed by atoms with van der Waals surface area (Å²) >= 11 is 7.30. The Kier molecular flexibility index (Phi) is 3.77. The molecule has 2 nitrogen and oxygen atoms in total. The van der Waals surface area contributed by atoms with Crippen molar-refractivity contribution in [3.63, 3.8) is 0 Å². The van der Waals surface area contributed by atoms with E-state index in [4.69, 9.17) is 16.7 Å². The summed E-state index contributed by atoms with van der Waals surface area (Å²) in [6.45, 7) is 0. The lowest BCUT2D eigenvalue weighted by molar-refractivity contribution is -0.136. The Labute approximate surface area is 104 Å². The van der Waals surface area contributed by atoms with Crippen LogP contribution in [0.3, 0.4) is 0 Å². The van der Waals surface area contributed by atoms with E-state index >= 15 is 0 Å². The number of hydrogen-bond donors (Lipinski definition) is 1. The first-order valence-corrected chi connectivity index (χ1v) is 6.68. The van der Waals surface area contributed by atoms with Crippen molar-refractivity contribution < 1.29 is 9.90 Å². The van der Waals surface area contributed by atoms with Crippen molar-refractivity contribution >= 4 is 29.3 Å². The fourth-order valence-corrected chi connectivity index (χ4v) is 2.95. The summed E-state index contributed by atoms with van der Waals surface area (Å²) in [7, 11) is 0. The van der Waals surface area contributed by atoms with Gasteiger partial charge in [0, 0.05) is 10.8 Å². The standard InChI is InChI=1S/C12H13ClO2S/c13-10-5-1-8(2-6-10)7-16-11(12(14)15)9-3-4-9/h1-2,5-6,9,11H,3-4,7H2,(H,14,15). The number of benzene rings is 1. The SMILES string of the molecule is O=C(O)C(SCc1ccc(Cl)cc1)C1CC1. The summed E-state index contributed by atoms with van der Waals surface area (Å²) in [4.78, 5) is 11.0. The fraction of sp³-hybridized carbons (Fsp3) is 0.417. The van der Waals surface area contributed by atoms with E-state index in [-0.39, 0.29) is 5.25 Å². The van der Waals surface area contributed by atoms with Gasteiger partial charge in [-0.05, 0) is 36.5 Å². The minimum absolute atomic E-state index is 0.240. The van der Waals surface area contributed by atoms with Crippen LogP contribution in [0.5, 0.6) is 0 Å². The maximum atomic E-state index is 11.0. The monoisotopic (exact) mass is 256 g/mol. The lowest BCUT2D eigenvalue weighted by atomic mass is 10.2. The van der Waals surface area contributed by atoms with Gasteiger partial charge in [0.1, 0.15) is 5.25 Å². The predicted octanol–water partition coefficient (Wildman–Crippen LogP) is 3.44. The van der Waals surface area contributed by atoms with Crippen molar-refractivity contribution in [2.75, 3.05) is 0 Å². The second-order valence-corrected chi connectivity index (χ2v) is 5.60. The van der Waals surface area contributed by atoms with Gasteiger partial charge < -0.3 is 5.11 Å². The lowest BCUT2D eigenvalue weighted by Crippen LogP contribution is -2.18. The van der Waals surface area contributed by atoms with Crippen LogP contribution in [0.15, 0.2) is 24.3 Å². The van der Waals surface area contributed by atoms with E-state index in [0.717, 1.165) is 24.2 Å². The summed E-state index contributed by atoms with van der Waals surface area (Å²) in [6.07, 6.45) is 2.12. The van der Waals surface area contributed by atoms with Crippen LogP contribution in [0, 0.1) is 5.92 Å². The van der Waals surface area contributed by atoms with E-state index in [0.29, 0.717) is 10.9 Å². The van der Waals surface area contributed by atoms with Crippen LogP contribution in [0.4, 0.5) is 0 Å². The summed E-state index contributed by atoms with van der Waals surface area (Å²) in [5.74, 6) is 0.446. The zero-order chi connectivity index (χ0) is 11.5. The third-order valence-electron chi connectivity index (χ3n) is 2.64. The van der Waals surface area contributed by atoms with Crippen LogP contribution in [-0.4, -0.2) is 16.3 Å². The second kappa shape index (κ2) is 5.11. The van der Waals surface area contributed by atoms with Crippen LogP contribution in [0.1, 0.15) is 18.4 Å². The molecule has 16 heavy (non-hydrogen) atoms. The molecule has 2 rings (SSSR count). The molecule has 1 aliphatic rings. The van der Waals surface area contributed by atoms with Crippen LogP contribution in [-0.2, 0) is 10.5 Å². The van der Waals surface area contributed by atoms with Crippen molar-refractivity contribution in [2.45, 2.75) is 23.8 Å². The van der Waals surface area contributed by atoms with Gasteiger partial charge in [-0.2, -0.15) is 0 Å². The molecule has 1 N–H and O–H groups in total. The second-order valence-electron chi connectivity index (χ2n) is 4.03. The van der Waals surface area contributed by atoms with E-state index in [9.17, 15) is 4.79 Å². The molecule has 1 atom stereocenters. The van der Waals surface area contributed by atoms with Gasteiger partial charge in [-0.15, -0.1) is 11.8 Å². The smallest absolute Gasteiger partial charge is 0.316 e. The highest BCUT2D eigenvalue weighted by atomic mass is 35.5. The average molecular weight is 257 g/mol. The van der Waals surface area contributed by atoms with Gasteiger partial charge in [0.25, 0.3) is 0 Å². The molecule has 0 aromatic heterocycles. The summed E-state index contributed by atoms with van der Waals surface area (Å²) in [5.41, 5.74) is 1.13. The Bertz CT molecular complexity index is 373. The largest absolute Gasteiger partial charge is 0.480 e. The Balaban J connectivity index is 1.90. The number of aliphatic carboxylic acids is 1. The number of thioether (sulfide) groups is 1. The Morgan fingerprint density at radius 2 is 2.06 bits per heavy atom. The first-order valence-electron chi connectivity index (χ1n) is 5.25. The van der Waals surface area contributed by atoms with E-state index in [1.807, 2.05) is 24.3 Å².